The van der Waals surface area contributed by atoms with Gasteiger partial charge in [0.25, 0.3) is 0 Å². The van der Waals surface area contributed by atoms with E-state index in [1.807, 2.05) is 17.9 Å². The third kappa shape index (κ3) is 3.99. The summed E-state index contributed by atoms with van der Waals surface area (Å²) in [7, 11) is 0. The highest BCUT2D eigenvalue weighted by molar-refractivity contribution is 6.31. The maximum Gasteiger partial charge on any atom is 0.307 e. The molecule has 22 heavy (non-hydrogen) atoms. The molecule has 1 fully saturated rings. The summed E-state index contributed by atoms with van der Waals surface area (Å²) < 4.78 is 0. The molecule has 2 unspecified atom stereocenters. The van der Waals surface area contributed by atoms with Crippen molar-refractivity contribution in [1.82, 2.24) is 4.90 Å². The summed E-state index contributed by atoms with van der Waals surface area (Å²) in [4.78, 5) is 25.5. The van der Waals surface area contributed by atoms with Gasteiger partial charge in [0.05, 0.1) is 12.0 Å². The van der Waals surface area contributed by atoms with E-state index in [1.165, 1.54) is 0 Å². The van der Waals surface area contributed by atoms with E-state index in [0.29, 0.717) is 23.7 Å². The number of benzene rings is 1. The number of likely N-dealkylation sites (tertiary alicyclic amines) is 1. The van der Waals surface area contributed by atoms with Gasteiger partial charge >= 0.3 is 5.97 Å². The number of hydrogen-bond acceptors (Lipinski definition) is 3. The average Bonchev–Trinajstić information content (AvgIpc) is 2.50. The number of piperidine rings is 1. The first-order valence-corrected chi connectivity index (χ1v) is 7.80. The molecule has 1 saturated heterocycles. The highest BCUT2D eigenvalue weighted by Crippen LogP contribution is 2.22. The number of carboxylic acids is 1. The fourth-order valence-electron chi connectivity index (χ4n) is 2.69. The lowest BCUT2D eigenvalue weighted by atomic mass is 9.97. The van der Waals surface area contributed by atoms with Crippen LogP contribution in [0.3, 0.4) is 0 Å². The van der Waals surface area contributed by atoms with Crippen LogP contribution in [0.4, 0.5) is 5.69 Å². The van der Waals surface area contributed by atoms with Gasteiger partial charge in [0, 0.05) is 17.3 Å². The van der Waals surface area contributed by atoms with E-state index in [0.717, 1.165) is 18.5 Å². The minimum absolute atomic E-state index is 0.142. The van der Waals surface area contributed by atoms with Crippen LogP contribution in [0.1, 0.15) is 25.3 Å². The van der Waals surface area contributed by atoms with Crippen LogP contribution in [0.25, 0.3) is 0 Å². The van der Waals surface area contributed by atoms with Crippen molar-refractivity contribution in [2.45, 2.75) is 32.7 Å². The van der Waals surface area contributed by atoms with Gasteiger partial charge in [0.15, 0.2) is 0 Å². The zero-order valence-corrected chi connectivity index (χ0v) is 13.6. The summed E-state index contributed by atoms with van der Waals surface area (Å²) in [5, 5.41) is 12.6. The monoisotopic (exact) mass is 324 g/mol. The zero-order chi connectivity index (χ0) is 16.3. The average molecular weight is 325 g/mol. The molecule has 0 radical (unpaired) electrons. The van der Waals surface area contributed by atoms with Gasteiger partial charge in [-0.1, -0.05) is 17.7 Å². The fraction of sp³-hybridized carbons (Fsp3) is 0.500. The van der Waals surface area contributed by atoms with Crippen LogP contribution < -0.4 is 5.32 Å². The van der Waals surface area contributed by atoms with E-state index in [1.54, 1.807) is 19.1 Å². The Balaban J connectivity index is 2.02. The van der Waals surface area contributed by atoms with Crippen molar-refractivity contribution in [3.05, 3.63) is 28.8 Å². The molecule has 0 bridgehead atoms. The molecule has 0 aliphatic carbocycles. The van der Waals surface area contributed by atoms with E-state index >= 15 is 0 Å². The number of carbonyl (C=O) groups excluding carboxylic acids is 1. The van der Waals surface area contributed by atoms with Crippen molar-refractivity contribution in [2.24, 2.45) is 5.92 Å². The molecule has 0 aromatic heterocycles. The van der Waals surface area contributed by atoms with Gasteiger partial charge in [0.2, 0.25) is 5.91 Å². The number of halogens is 1. The predicted octanol–water partition coefficient (Wildman–Crippen LogP) is 2.77. The minimum Gasteiger partial charge on any atom is -0.481 e. The Kier molecular flexibility index (Phi) is 5.42. The van der Waals surface area contributed by atoms with Crippen LogP contribution >= 0.6 is 11.6 Å². The SMILES string of the molecule is Cc1ccc(Cl)cc1NC(=O)C(C)N1CCCC(C(=O)O)C1. The van der Waals surface area contributed by atoms with Gasteiger partial charge in [-0.15, -0.1) is 0 Å². The Labute approximate surface area is 135 Å². The Hall–Kier alpha value is -1.59. The number of nitrogens with zero attached hydrogens (tertiary/aromatic N) is 1. The lowest BCUT2D eigenvalue weighted by molar-refractivity contribution is -0.144. The predicted molar refractivity (Wildman–Crippen MR) is 86.2 cm³/mol. The molecule has 1 aromatic rings. The van der Waals surface area contributed by atoms with Gasteiger partial charge in [-0.3, -0.25) is 14.5 Å². The van der Waals surface area contributed by atoms with Crippen LogP contribution in [0.5, 0.6) is 0 Å². The molecule has 2 N–H and O–H groups in total. The summed E-state index contributed by atoms with van der Waals surface area (Å²) >= 11 is 5.96. The second kappa shape index (κ2) is 7.11. The van der Waals surface area contributed by atoms with Gasteiger partial charge in [-0.05, 0) is 50.9 Å². The van der Waals surface area contributed by atoms with Crippen LogP contribution in [-0.4, -0.2) is 41.0 Å². The number of carboxylic acid groups (broad SMARTS) is 1. The maximum atomic E-state index is 12.4. The smallest absolute Gasteiger partial charge is 0.307 e. The Bertz CT molecular complexity index is 577. The normalized spacial score (nSPS) is 20.4. The van der Waals surface area contributed by atoms with E-state index in [4.69, 9.17) is 16.7 Å². The topological polar surface area (TPSA) is 69.6 Å². The van der Waals surface area contributed by atoms with E-state index in [-0.39, 0.29) is 11.9 Å². The number of anilines is 1. The fourth-order valence-corrected chi connectivity index (χ4v) is 2.86. The van der Waals surface area contributed by atoms with Crippen molar-refractivity contribution >= 4 is 29.2 Å². The van der Waals surface area contributed by atoms with Crippen molar-refractivity contribution in [1.29, 1.82) is 0 Å². The van der Waals surface area contributed by atoms with E-state index in [2.05, 4.69) is 5.32 Å². The second-order valence-electron chi connectivity index (χ2n) is 5.80. The van der Waals surface area contributed by atoms with E-state index in [9.17, 15) is 9.59 Å². The quantitative estimate of drug-likeness (QED) is 0.893. The molecule has 0 spiro atoms. The number of aliphatic carboxylic acids is 1. The first-order valence-electron chi connectivity index (χ1n) is 7.42. The summed E-state index contributed by atoms with van der Waals surface area (Å²) in [6.45, 7) is 4.86. The van der Waals surface area contributed by atoms with Gasteiger partial charge in [-0.25, -0.2) is 0 Å². The lowest BCUT2D eigenvalue weighted by Gasteiger charge is -2.34. The molecule has 6 heteroatoms. The first kappa shape index (κ1) is 16.8. The van der Waals surface area contributed by atoms with Gasteiger partial charge in [-0.2, -0.15) is 0 Å². The Morgan fingerprint density at radius 2 is 2.18 bits per heavy atom. The molecule has 120 valence electrons. The van der Waals surface area contributed by atoms with Crippen molar-refractivity contribution in [3.8, 4) is 0 Å². The van der Waals surface area contributed by atoms with Gasteiger partial charge < -0.3 is 10.4 Å². The summed E-state index contributed by atoms with van der Waals surface area (Å²) in [5.41, 5.74) is 1.63. The molecule has 1 aliphatic rings. The standard InChI is InChI=1S/C16H21ClN2O3/c1-10-5-6-13(17)8-14(10)18-15(20)11(2)19-7-3-4-12(9-19)16(21)22/h5-6,8,11-12H,3-4,7,9H2,1-2H3,(H,18,20)(H,21,22). The molecule has 1 heterocycles. The molecular weight excluding hydrogens is 304 g/mol. The Morgan fingerprint density at radius 3 is 2.86 bits per heavy atom. The van der Waals surface area contributed by atoms with Crippen molar-refractivity contribution in [2.75, 3.05) is 18.4 Å². The summed E-state index contributed by atoms with van der Waals surface area (Å²) in [5.74, 6) is -1.32. The van der Waals surface area contributed by atoms with Crippen LogP contribution in [0, 0.1) is 12.8 Å². The number of amides is 1. The third-order valence-corrected chi connectivity index (χ3v) is 4.42. The van der Waals surface area contributed by atoms with E-state index < -0.39 is 11.9 Å². The molecule has 2 atom stereocenters. The molecule has 1 amide bonds. The number of carbonyl (C=O) groups is 2. The summed E-state index contributed by atoms with van der Waals surface area (Å²) in [6.07, 6.45) is 1.47. The molecule has 2 rings (SSSR count). The zero-order valence-electron chi connectivity index (χ0n) is 12.8. The van der Waals surface area contributed by atoms with Crippen LogP contribution in [-0.2, 0) is 9.59 Å². The highest BCUT2D eigenvalue weighted by Gasteiger charge is 2.30. The minimum atomic E-state index is -0.789. The van der Waals surface area contributed by atoms with Gasteiger partial charge in [0.1, 0.15) is 0 Å². The molecule has 1 aromatic carbocycles. The Morgan fingerprint density at radius 1 is 1.45 bits per heavy atom. The maximum absolute atomic E-state index is 12.4. The first-order chi connectivity index (χ1) is 10.4. The second-order valence-corrected chi connectivity index (χ2v) is 6.23. The van der Waals surface area contributed by atoms with Crippen molar-refractivity contribution < 1.29 is 14.7 Å². The number of hydrogen-bond donors (Lipinski definition) is 2. The third-order valence-electron chi connectivity index (χ3n) is 4.19. The van der Waals surface area contributed by atoms with Crippen LogP contribution in [0.2, 0.25) is 5.02 Å². The lowest BCUT2D eigenvalue weighted by Crippen LogP contribution is -2.48. The molecular formula is C16H21ClN2O3. The number of rotatable bonds is 4. The number of aryl methyl sites for hydroxylation is 1. The molecule has 5 nitrogen and oxygen atoms in total. The highest BCUT2D eigenvalue weighted by atomic mass is 35.5. The molecule has 1 aliphatic heterocycles. The number of nitrogens with one attached hydrogen (secondary N) is 1. The summed E-state index contributed by atoms with van der Waals surface area (Å²) in [6, 6.07) is 4.97. The molecule has 0 saturated carbocycles. The van der Waals surface area contributed by atoms with Crippen molar-refractivity contribution in [3.63, 3.8) is 0 Å². The van der Waals surface area contributed by atoms with Crippen LogP contribution in [0.15, 0.2) is 18.2 Å². The largest absolute Gasteiger partial charge is 0.481 e.